The summed E-state index contributed by atoms with van der Waals surface area (Å²) in [4.78, 5) is 19.8. The van der Waals surface area contributed by atoms with Crippen molar-refractivity contribution in [2.45, 2.75) is 33.0 Å². The first-order chi connectivity index (χ1) is 12.7. The maximum Gasteiger partial charge on any atom is 0.453 e. The average Bonchev–Trinajstić information content (AvgIpc) is 3.02. The fraction of sp³-hybridized carbons (Fsp3) is 0.294. The van der Waals surface area contributed by atoms with Gasteiger partial charge in [-0.25, -0.2) is 9.50 Å². The van der Waals surface area contributed by atoms with Gasteiger partial charge in [-0.1, -0.05) is 29.8 Å². The standard InChI is InChI=1S/C17H15ClF3N5O/c1-9-12(7-14(27)22-8-11-5-3-4-6-13(11)18)10(2)26-16(23-9)24-15(25-26)17(19,20)21/h3-6H,7-8H2,1-2H3,(H,22,27). The van der Waals surface area contributed by atoms with Gasteiger partial charge in [0.05, 0.1) is 6.42 Å². The minimum Gasteiger partial charge on any atom is -0.352 e. The summed E-state index contributed by atoms with van der Waals surface area (Å²) in [6, 6.07) is 7.11. The van der Waals surface area contributed by atoms with Gasteiger partial charge in [0.25, 0.3) is 11.6 Å². The number of carbonyl (C=O) groups excluding carboxylic acids is 1. The second kappa shape index (κ2) is 7.15. The number of fused-ring (bicyclic) bond motifs is 1. The number of hydrogen-bond acceptors (Lipinski definition) is 4. The SMILES string of the molecule is Cc1nc2nc(C(F)(F)F)nn2c(C)c1CC(=O)NCc1ccccc1Cl. The van der Waals surface area contributed by atoms with E-state index in [0.717, 1.165) is 10.1 Å². The van der Waals surface area contributed by atoms with Gasteiger partial charge in [0.2, 0.25) is 5.91 Å². The van der Waals surface area contributed by atoms with Crippen LogP contribution < -0.4 is 5.32 Å². The highest BCUT2D eigenvalue weighted by atomic mass is 35.5. The molecule has 1 N–H and O–H groups in total. The largest absolute Gasteiger partial charge is 0.453 e. The van der Waals surface area contributed by atoms with Gasteiger partial charge in [0.1, 0.15) is 0 Å². The molecule has 27 heavy (non-hydrogen) atoms. The zero-order valence-electron chi connectivity index (χ0n) is 14.4. The molecular formula is C17H15ClF3N5O. The summed E-state index contributed by atoms with van der Waals surface area (Å²) >= 11 is 6.05. The van der Waals surface area contributed by atoms with Crippen LogP contribution in [0.3, 0.4) is 0 Å². The van der Waals surface area contributed by atoms with Crippen LogP contribution in [0.2, 0.25) is 5.02 Å². The lowest BCUT2D eigenvalue weighted by molar-refractivity contribution is -0.144. The number of hydrogen-bond donors (Lipinski definition) is 1. The molecule has 0 saturated carbocycles. The predicted molar refractivity (Wildman–Crippen MR) is 92.3 cm³/mol. The fourth-order valence-corrected chi connectivity index (χ4v) is 2.85. The third kappa shape index (κ3) is 4.02. The number of aryl methyl sites for hydroxylation is 2. The Morgan fingerprint density at radius 1 is 1.22 bits per heavy atom. The summed E-state index contributed by atoms with van der Waals surface area (Å²) in [5, 5.41) is 6.75. The molecule has 142 valence electrons. The van der Waals surface area contributed by atoms with E-state index in [0.29, 0.717) is 22.0 Å². The van der Waals surface area contributed by atoms with E-state index in [-0.39, 0.29) is 24.7 Å². The van der Waals surface area contributed by atoms with E-state index in [1.807, 2.05) is 6.07 Å². The number of amides is 1. The molecule has 0 fully saturated rings. The number of carbonyl (C=O) groups is 1. The van der Waals surface area contributed by atoms with Gasteiger partial charge in [-0.15, -0.1) is 5.10 Å². The lowest BCUT2D eigenvalue weighted by Gasteiger charge is -2.11. The van der Waals surface area contributed by atoms with Crippen molar-refractivity contribution in [2.24, 2.45) is 0 Å². The van der Waals surface area contributed by atoms with Crippen molar-refractivity contribution in [2.75, 3.05) is 0 Å². The van der Waals surface area contributed by atoms with Gasteiger partial charge in [0, 0.05) is 28.5 Å². The molecule has 0 aliphatic carbocycles. The molecule has 0 radical (unpaired) electrons. The number of alkyl halides is 3. The number of nitrogens with zero attached hydrogens (tertiary/aromatic N) is 4. The number of benzene rings is 1. The molecule has 0 spiro atoms. The van der Waals surface area contributed by atoms with Crippen molar-refractivity contribution in [1.29, 1.82) is 0 Å². The van der Waals surface area contributed by atoms with Gasteiger partial charge in [-0.05, 0) is 25.5 Å². The Morgan fingerprint density at radius 3 is 2.59 bits per heavy atom. The number of rotatable bonds is 4. The summed E-state index contributed by atoms with van der Waals surface area (Å²) < 4.78 is 39.5. The molecule has 1 amide bonds. The lowest BCUT2D eigenvalue weighted by atomic mass is 10.1. The van der Waals surface area contributed by atoms with Gasteiger partial charge in [0.15, 0.2) is 0 Å². The maximum atomic E-state index is 12.8. The average molecular weight is 398 g/mol. The Labute approximate surface area is 157 Å². The Kier molecular flexibility index (Phi) is 5.05. The van der Waals surface area contributed by atoms with Crippen LogP contribution in [-0.2, 0) is 23.9 Å². The van der Waals surface area contributed by atoms with Crippen LogP contribution in [0.4, 0.5) is 13.2 Å². The molecular weight excluding hydrogens is 383 g/mol. The fourth-order valence-electron chi connectivity index (χ4n) is 2.64. The molecule has 2 heterocycles. The third-order valence-corrected chi connectivity index (χ3v) is 4.44. The quantitative estimate of drug-likeness (QED) is 0.733. The van der Waals surface area contributed by atoms with E-state index < -0.39 is 12.0 Å². The molecule has 0 aliphatic rings. The number of halogens is 4. The summed E-state index contributed by atoms with van der Waals surface area (Å²) in [5.74, 6) is -1.73. The number of aromatic nitrogens is 4. The van der Waals surface area contributed by atoms with E-state index in [2.05, 4.69) is 20.4 Å². The van der Waals surface area contributed by atoms with Gasteiger partial charge in [-0.2, -0.15) is 18.2 Å². The normalized spacial score (nSPS) is 11.8. The minimum atomic E-state index is -4.67. The molecule has 0 bridgehead atoms. The molecule has 6 nitrogen and oxygen atoms in total. The monoisotopic (exact) mass is 397 g/mol. The summed E-state index contributed by atoms with van der Waals surface area (Å²) in [6.07, 6.45) is -4.72. The first kappa shape index (κ1) is 19.1. The topological polar surface area (TPSA) is 72.2 Å². The molecule has 0 unspecified atom stereocenters. The first-order valence-electron chi connectivity index (χ1n) is 7.97. The van der Waals surface area contributed by atoms with Crippen molar-refractivity contribution < 1.29 is 18.0 Å². The van der Waals surface area contributed by atoms with Crippen LogP contribution in [0.25, 0.3) is 5.78 Å². The van der Waals surface area contributed by atoms with Crippen molar-refractivity contribution in [3.63, 3.8) is 0 Å². The van der Waals surface area contributed by atoms with E-state index in [4.69, 9.17) is 11.6 Å². The first-order valence-corrected chi connectivity index (χ1v) is 8.34. The second-order valence-corrected chi connectivity index (χ2v) is 6.36. The zero-order valence-corrected chi connectivity index (χ0v) is 15.2. The molecule has 0 atom stereocenters. The Morgan fingerprint density at radius 2 is 1.93 bits per heavy atom. The third-order valence-electron chi connectivity index (χ3n) is 4.07. The highest BCUT2D eigenvalue weighted by molar-refractivity contribution is 6.31. The van der Waals surface area contributed by atoms with Crippen LogP contribution in [0.5, 0.6) is 0 Å². The molecule has 10 heteroatoms. The van der Waals surface area contributed by atoms with E-state index in [1.165, 1.54) is 0 Å². The van der Waals surface area contributed by atoms with Crippen LogP contribution in [0.15, 0.2) is 24.3 Å². The van der Waals surface area contributed by atoms with Crippen molar-refractivity contribution in [3.05, 3.63) is 57.6 Å². The number of nitrogens with one attached hydrogen (secondary N) is 1. The molecule has 1 aromatic carbocycles. The van der Waals surface area contributed by atoms with Gasteiger partial charge >= 0.3 is 6.18 Å². The second-order valence-electron chi connectivity index (χ2n) is 5.95. The lowest BCUT2D eigenvalue weighted by Crippen LogP contribution is -2.26. The van der Waals surface area contributed by atoms with Gasteiger partial charge < -0.3 is 5.32 Å². The maximum absolute atomic E-state index is 12.8. The molecule has 3 aromatic rings. The van der Waals surface area contributed by atoms with Crippen LogP contribution in [0, 0.1) is 13.8 Å². The highest BCUT2D eigenvalue weighted by Gasteiger charge is 2.37. The van der Waals surface area contributed by atoms with E-state index >= 15 is 0 Å². The van der Waals surface area contributed by atoms with Crippen LogP contribution >= 0.6 is 11.6 Å². The smallest absolute Gasteiger partial charge is 0.352 e. The summed E-state index contributed by atoms with van der Waals surface area (Å²) in [6.45, 7) is 3.44. The molecule has 0 aliphatic heterocycles. The summed E-state index contributed by atoms with van der Waals surface area (Å²) in [7, 11) is 0. The molecule has 2 aromatic heterocycles. The summed E-state index contributed by atoms with van der Waals surface area (Å²) in [5.41, 5.74) is 2.07. The van der Waals surface area contributed by atoms with Crippen molar-refractivity contribution in [1.82, 2.24) is 24.9 Å². The predicted octanol–water partition coefficient (Wildman–Crippen LogP) is 3.27. The van der Waals surface area contributed by atoms with E-state index in [9.17, 15) is 18.0 Å². The van der Waals surface area contributed by atoms with Gasteiger partial charge in [-0.3, -0.25) is 4.79 Å². The minimum absolute atomic E-state index is 0.0493. The molecule has 0 saturated heterocycles. The van der Waals surface area contributed by atoms with Crippen LogP contribution in [0.1, 0.15) is 28.3 Å². The zero-order chi connectivity index (χ0) is 19.8. The van der Waals surface area contributed by atoms with Crippen LogP contribution in [-0.4, -0.2) is 25.5 Å². The van der Waals surface area contributed by atoms with E-state index in [1.54, 1.807) is 32.0 Å². The molecule has 3 rings (SSSR count). The van der Waals surface area contributed by atoms with Crippen molar-refractivity contribution in [3.8, 4) is 0 Å². The Hall–Kier alpha value is -2.68. The highest BCUT2D eigenvalue weighted by Crippen LogP contribution is 2.27. The Bertz CT molecular complexity index is 1020. The van der Waals surface area contributed by atoms with Crippen molar-refractivity contribution >= 4 is 23.3 Å². The Balaban J connectivity index is 1.82.